The van der Waals surface area contributed by atoms with Gasteiger partial charge in [0.25, 0.3) is 5.91 Å². The molecule has 0 unspecified atom stereocenters. The van der Waals surface area contributed by atoms with Crippen LogP contribution in [0.5, 0.6) is 0 Å². The fourth-order valence-electron chi connectivity index (χ4n) is 3.74. The molecule has 5 heteroatoms. The molecule has 0 bridgehead atoms. The standard InChI is InChI=1S/C26H37N3O2/c1-16(2)21-11-13-22(14-12-21)24(17(3)4)28-20(7)26(31)27-15-23(30)29-25-18(5)9-8-10-19(25)6/h8-14,16-17,20,24,28H,15H2,1-7H3,(H,27,31)(H,29,30)/p+1/t20-,24-/m0/s1. The lowest BCUT2D eigenvalue weighted by molar-refractivity contribution is -0.719. The minimum absolute atomic E-state index is 0.0415. The highest BCUT2D eigenvalue weighted by Gasteiger charge is 2.26. The summed E-state index contributed by atoms with van der Waals surface area (Å²) in [5.41, 5.74) is 5.35. The van der Waals surface area contributed by atoms with E-state index < -0.39 is 0 Å². The number of aryl methyl sites for hydroxylation is 2. The first-order valence-corrected chi connectivity index (χ1v) is 11.2. The molecule has 0 radical (unpaired) electrons. The topological polar surface area (TPSA) is 74.8 Å². The molecule has 2 atom stereocenters. The number of nitrogens with two attached hydrogens (primary N) is 1. The Morgan fingerprint density at radius 3 is 1.94 bits per heavy atom. The van der Waals surface area contributed by atoms with Gasteiger partial charge in [-0.3, -0.25) is 9.59 Å². The highest BCUT2D eigenvalue weighted by atomic mass is 16.2. The first-order chi connectivity index (χ1) is 14.6. The second-order valence-corrected chi connectivity index (χ2v) is 9.11. The van der Waals surface area contributed by atoms with Gasteiger partial charge in [0.1, 0.15) is 6.04 Å². The molecule has 5 nitrogen and oxygen atoms in total. The van der Waals surface area contributed by atoms with Crippen LogP contribution in [-0.2, 0) is 9.59 Å². The average molecular weight is 425 g/mol. The van der Waals surface area contributed by atoms with Crippen LogP contribution in [0.4, 0.5) is 5.69 Å². The molecule has 0 heterocycles. The maximum atomic E-state index is 12.6. The third-order valence-electron chi connectivity index (χ3n) is 5.78. The molecule has 2 aromatic carbocycles. The fourth-order valence-corrected chi connectivity index (χ4v) is 3.74. The first kappa shape index (κ1) is 24.6. The summed E-state index contributed by atoms with van der Waals surface area (Å²) >= 11 is 0. The minimum Gasteiger partial charge on any atom is -0.342 e. The van der Waals surface area contributed by atoms with E-state index in [0.29, 0.717) is 11.8 Å². The quantitative estimate of drug-likeness (QED) is 0.572. The Balaban J connectivity index is 1.94. The van der Waals surface area contributed by atoms with Crippen LogP contribution in [0.25, 0.3) is 0 Å². The average Bonchev–Trinajstić information content (AvgIpc) is 2.72. The number of carbonyl (C=O) groups excluding carboxylic acids is 2. The van der Waals surface area contributed by atoms with Gasteiger partial charge in [-0.25, -0.2) is 0 Å². The maximum absolute atomic E-state index is 12.6. The number of para-hydroxylation sites is 1. The van der Waals surface area contributed by atoms with Gasteiger partial charge in [-0.15, -0.1) is 0 Å². The number of nitrogens with one attached hydrogen (secondary N) is 2. The van der Waals surface area contributed by atoms with Crippen LogP contribution in [0.15, 0.2) is 42.5 Å². The summed E-state index contributed by atoms with van der Waals surface area (Å²) in [6.07, 6.45) is 0. The number of amides is 2. The van der Waals surface area contributed by atoms with Gasteiger partial charge in [-0.2, -0.15) is 0 Å². The van der Waals surface area contributed by atoms with Crippen molar-refractivity contribution in [2.45, 2.75) is 66.5 Å². The van der Waals surface area contributed by atoms with Gasteiger partial charge in [0, 0.05) is 17.2 Å². The van der Waals surface area contributed by atoms with E-state index in [-0.39, 0.29) is 30.4 Å². The Bertz CT molecular complexity index is 868. The maximum Gasteiger partial charge on any atom is 0.278 e. The first-order valence-electron chi connectivity index (χ1n) is 11.2. The summed E-state index contributed by atoms with van der Waals surface area (Å²) in [4.78, 5) is 25.0. The zero-order valence-corrected chi connectivity index (χ0v) is 20.0. The minimum atomic E-state index is -0.301. The largest absolute Gasteiger partial charge is 0.342 e. The van der Waals surface area contributed by atoms with Crippen molar-refractivity contribution in [1.29, 1.82) is 0 Å². The molecule has 168 valence electrons. The monoisotopic (exact) mass is 424 g/mol. The zero-order chi connectivity index (χ0) is 23.1. The Morgan fingerprint density at radius 1 is 0.871 bits per heavy atom. The van der Waals surface area contributed by atoms with Crippen molar-refractivity contribution in [1.82, 2.24) is 5.32 Å². The van der Waals surface area contributed by atoms with E-state index in [1.807, 2.05) is 39.0 Å². The molecular weight excluding hydrogens is 386 g/mol. The third kappa shape index (κ3) is 6.93. The van der Waals surface area contributed by atoms with Crippen LogP contribution in [0.3, 0.4) is 0 Å². The van der Waals surface area contributed by atoms with Crippen molar-refractivity contribution in [3.63, 3.8) is 0 Å². The van der Waals surface area contributed by atoms with Gasteiger partial charge in [-0.1, -0.05) is 70.2 Å². The highest BCUT2D eigenvalue weighted by molar-refractivity contribution is 5.96. The molecule has 31 heavy (non-hydrogen) atoms. The lowest BCUT2D eigenvalue weighted by Gasteiger charge is -2.23. The summed E-state index contributed by atoms with van der Waals surface area (Å²) < 4.78 is 0. The Labute approximate surface area is 187 Å². The van der Waals surface area contributed by atoms with E-state index >= 15 is 0 Å². The number of benzene rings is 2. The number of hydrogen-bond donors (Lipinski definition) is 3. The fraction of sp³-hybridized carbons (Fsp3) is 0.462. The van der Waals surface area contributed by atoms with E-state index in [1.54, 1.807) is 0 Å². The van der Waals surface area contributed by atoms with Crippen molar-refractivity contribution in [2.24, 2.45) is 5.92 Å². The van der Waals surface area contributed by atoms with Crippen molar-refractivity contribution >= 4 is 17.5 Å². The van der Waals surface area contributed by atoms with Crippen LogP contribution < -0.4 is 16.0 Å². The van der Waals surface area contributed by atoms with Gasteiger partial charge in [0.15, 0.2) is 6.04 Å². The van der Waals surface area contributed by atoms with Crippen LogP contribution in [0, 0.1) is 19.8 Å². The van der Waals surface area contributed by atoms with Crippen molar-refractivity contribution in [3.8, 4) is 0 Å². The zero-order valence-electron chi connectivity index (χ0n) is 20.0. The molecule has 0 spiro atoms. The van der Waals surface area contributed by atoms with E-state index in [2.05, 4.69) is 67.9 Å². The molecule has 0 aliphatic carbocycles. The molecule has 2 aromatic rings. The Morgan fingerprint density at radius 2 is 1.42 bits per heavy atom. The van der Waals surface area contributed by atoms with Gasteiger partial charge >= 0.3 is 0 Å². The third-order valence-corrected chi connectivity index (χ3v) is 5.78. The van der Waals surface area contributed by atoms with Crippen molar-refractivity contribution < 1.29 is 14.9 Å². The molecule has 0 saturated carbocycles. The SMILES string of the molecule is Cc1cccc(C)c1NC(=O)CNC(=O)[C@H](C)[NH2+][C@H](c1ccc(C(C)C)cc1)C(C)C. The lowest BCUT2D eigenvalue weighted by atomic mass is 9.93. The summed E-state index contributed by atoms with van der Waals surface area (Å²) in [5.74, 6) is 0.506. The number of anilines is 1. The molecule has 0 aliphatic heterocycles. The molecule has 0 fully saturated rings. The number of rotatable bonds is 9. The van der Waals surface area contributed by atoms with Gasteiger partial charge in [0.05, 0.1) is 6.54 Å². The van der Waals surface area contributed by atoms with E-state index in [4.69, 9.17) is 0 Å². The van der Waals surface area contributed by atoms with Gasteiger partial charge in [-0.05, 0) is 43.4 Å². The van der Waals surface area contributed by atoms with Crippen LogP contribution >= 0.6 is 0 Å². The highest BCUT2D eigenvalue weighted by Crippen LogP contribution is 2.21. The Hall–Kier alpha value is -2.66. The molecule has 0 aromatic heterocycles. The number of hydrogen-bond acceptors (Lipinski definition) is 2. The number of carbonyl (C=O) groups is 2. The Kier molecular flexibility index (Phi) is 8.81. The van der Waals surface area contributed by atoms with Crippen molar-refractivity contribution in [2.75, 3.05) is 11.9 Å². The molecule has 0 saturated heterocycles. The summed E-state index contributed by atoms with van der Waals surface area (Å²) in [6, 6.07) is 14.4. The summed E-state index contributed by atoms with van der Waals surface area (Å²) in [5, 5.41) is 7.78. The normalized spacial score (nSPS) is 13.2. The molecule has 4 N–H and O–H groups in total. The number of quaternary nitrogens is 1. The predicted octanol–water partition coefficient (Wildman–Crippen LogP) is 3.83. The van der Waals surface area contributed by atoms with Crippen LogP contribution in [0.2, 0.25) is 0 Å². The van der Waals surface area contributed by atoms with Crippen LogP contribution in [0.1, 0.15) is 68.8 Å². The predicted molar refractivity (Wildman–Crippen MR) is 127 cm³/mol. The summed E-state index contributed by atoms with van der Waals surface area (Å²) in [7, 11) is 0. The smallest absolute Gasteiger partial charge is 0.278 e. The molecule has 2 amide bonds. The molecule has 2 rings (SSSR count). The molecular formula is C26H38N3O2+. The molecule has 0 aliphatic rings. The summed E-state index contributed by atoms with van der Waals surface area (Å²) in [6.45, 7) is 14.5. The second kappa shape index (κ2) is 11.1. The van der Waals surface area contributed by atoms with Crippen LogP contribution in [-0.4, -0.2) is 24.4 Å². The lowest BCUT2D eigenvalue weighted by Crippen LogP contribution is -2.93. The second-order valence-electron chi connectivity index (χ2n) is 9.11. The van der Waals surface area contributed by atoms with Gasteiger partial charge < -0.3 is 16.0 Å². The van der Waals surface area contributed by atoms with E-state index in [1.165, 1.54) is 11.1 Å². The van der Waals surface area contributed by atoms with Crippen molar-refractivity contribution in [3.05, 3.63) is 64.7 Å². The van der Waals surface area contributed by atoms with Gasteiger partial charge in [0.2, 0.25) is 5.91 Å². The van der Waals surface area contributed by atoms with E-state index in [9.17, 15) is 9.59 Å². The van der Waals surface area contributed by atoms with E-state index in [0.717, 1.165) is 16.8 Å².